The molecule has 1 rings (SSSR count). The van der Waals surface area contributed by atoms with Crippen molar-refractivity contribution in [3.63, 3.8) is 0 Å². The van der Waals surface area contributed by atoms with Gasteiger partial charge in [0.05, 0.1) is 20.8 Å². The molecule has 17 heavy (non-hydrogen) atoms. The summed E-state index contributed by atoms with van der Waals surface area (Å²) in [6.07, 6.45) is 0. The molecule has 0 aliphatic carbocycles. The average Bonchev–Trinajstić information content (AvgIpc) is 2.36. The van der Waals surface area contributed by atoms with Crippen LogP contribution in [0.15, 0.2) is 18.2 Å². The lowest BCUT2D eigenvalue weighted by Gasteiger charge is -2.24. The van der Waals surface area contributed by atoms with Crippen LogP contribution < -0.4 is 14.8 Å². The molecule has 1 aromatic rings. The van der Waals surface area contributed by atoms with Crippen LogP contribution in [0.3, 0.4) is 0 Å². The highest BCUT2D eigenvalue weighted by atomic mass is 16.5. The first kappa shape index (κ1) is 13.8. The minimum Gasteiger partial charge on any atom is -0.497 e. The Labute approximate surface area is 103 Å². The maximum Gasteiger partial charge on any atom is 0.123 e. The largest absolute Gasteiger partial charge is 0.497 e. The van der Waals surface area contributed by atoms with Crippen LogP contribution in [0.2, 0.25) is 0 Å². The Morgan fingerprint density at radius 3 is 2.47 bits per heavy atom. The van der Waals surface area contributed by atoms with Gasteiger partial charge in [0.1, 0.15) is 11.5 Å². The summed E-state index contributed by atoms with van der Waals surface area (Å²) in [5.74, 6) is 1.61. The van der Waals surface area contributed by atoms with Gasteiger partial charge in [-0.25, -0.2) is 0 Å². The van der Waals surface area contributed by atoms with Gasteiger partial charge in [0.2, 0.25) is 0 Å². The lowest BCUT2D eigenvalue weighted by atomic mass is 10.1. The molecule has 0 heterocycles. The van der Waals surface area contributed by atoms with Crippen molar-refractivity contribution in [3.05, 3.63) is 23.8 Å². The molecular formula is C13H21NO3. The van der Waals surface area contributed by atoms with E-state index in [0.717, 1.165) is 17.1 Å². The zero-order valence-corrected chi connectivity index (χ0v) is 10.9. The lowest BCUT2D eigenvalue weighted by molar-refractivity contribution is 0.187. The van der Waals surface area contributed by atoms with Crippen LogP contribution in [-0.2, 0) is 6.54 Å². The van der Waals surface area contributed by atoms with Crippen LogP contribution >= 0.6 is 0 Å². The Bertz CT molecular complexity index is 364. The molecule has 0 spiro atoms. The second-order valence-corrected chi connectivity index (χ2v) is 4.57. The molecule has 4 heteroatoms. The number of methoxy groups -OCH3 is 2. The quantitative estimate of drug-likeness (QED) is 0.791. The molecule has 2 N–H and O–H groups in total. The van der Waals surface area contributed by atoms with Crippen molar-refractivity contribution < 1.29 is 14.6 Å². The zero-order valence-electron chi connectivity index (χ0n) is 10.9. The summed E-state index contributed by atoms with van der Waals surface area (Å²) in [5.41, 5.74) is 0.696. The van der Waals surface area contributed by atoms with Crippen molar-refractivity contribution in [2.24, 2.45) is 0 Å². The van der Waals surface area contributed by atoms with E-state index in [9.17, 15) is 5.11 Å². The van der Waals surface area contributed by atoms with E-state index >= 15 is 0 Å². The number of hydrogen-bond donors (Lipinski definition) is 2. The molecule has 0 aliphatic rings. The maximum atomic E-state index is 9.18. The van der Waals surface area contributed by atoms with Gasteiger partial charge < -0.3 is 19.9 Å². The Kier molecular flexibility index (Phi) is 4.78. The van der Waals surface area contributed by atoms with E-state index in [1.807, 2.05) is 32.0 Å². The van der Waals surface area contributed by atoms with Crippen molar-refractivity contribution in [1.29, 1.82) is 0 Å². The second-order valence-electron chi connectivity index (χ2n) is 4.57. The van der Waals surface area contributed by atoms with E-state index in [1.54, 1.807) is 14.2 Å². The van der Waals surface area contributed by atoms with Crippen LogP contribution in [0, 0.1) is 0 Å². The summed E-state index contributed by atoms with van der Waals surface area (Å²) in [6, 6.07) is 5.67. The van der Waals surface area contributed by atoms with Crippen molar-refractivity contribution in [3.8, 4) is 11.5 Å². The summed E-state index contributed by atoms with van der Waals surface area (Å²) in [7, 11) is 3.28. The fraction of sp³-hybridized carbons (Fsp3) is 0.538. The van der Waals surface area contributed by atoms with E-state index in [2.05, 4.69) is 5.32 Å². The first-order chi connectivity index (χ1) is 8.02. The number of benzene rings is 1. The Morgan fingerprint density at radius 1 is 1.24 bits per heavy atom. The van der Waals surface area contributed by atoms with E-state index in [0.29, 0.717) is 6.54 Å². The van der Waals surface area contributed by atoms with Gasteiger partial charge >= 0.3 is 0 Å². The molecule has 0 aromatic heterocycles. The molecule has 96 valence electrons. The third-order valence-electron chi connectivity index (χ3n) is 2.64. The van der Waals surface area contributed by atoms with Gasteiger partial charge in [-0.05, 0) is 32.0 Å². The number of nitrogens with one attached hydrogen (secondary N) is 1. The van der Waals surface area contributed by atoms with Crippen LogP contribution in [-0.4, -0.2) is 31.5 Å². The van der Waals surface area contributed by atoms with Crippen molar-refractivity contribution in [2.75, 3.05) is 20.8 Å². The normalized spacial score (nSPS) is 11.4. The van der Waals surface area contributed by atoms with Crippen LogP contribution in [0.4, 0.5) is 0 Å². The minimum atomic E-state index is -0.311. The number of aliphatic hydroxyl groups is 1. The van der Waals surface area contributed by atoms with Gasteiger partial charge in [0.15, 0.2) is 0 Å². The molecule has 0 amide bonds. The molecule has 0 saturated heterocycles. The Morgan fingerprint density at radius 2 is 1.94 bits per heavy atom. The smallest absolute Gasteiger partial charge is 0.123 e. The lowest BCUT2D eigenvalue weighted by Crippen LogP contribution is -2.42. The maximum absolute atomic E-state index is 9.18. The number of ether oxygens (including phenoxy) is 2. The van der Waals surface area contributed by atoms with Crippen LogP contribution in [0.5, 0.6) is 11.5 Å². The molecule has 0 radical (unpaired) electrons. The predicted molar refractivity (Wildman–Crippen MR) is 67.6 cm³/mol. The first-order valence-corrected chi connectivity index (χ1v) is 5.59. The summed E-state index contributed by atoms with van der Waals surface area (Å²) < 4.78 is 10.5. The summed E-state index contributed by atoms with van der Waals surface area (Å²) in [4.78, 5) is 0. The first-order valence-electron chi connectivity index (χ1n) is 5.59. The molecule has 0 bridgehead atoms. The fourth-order valence-corrected chi connectivity index (χ4v) is 1.41. The van der Waals surface area contributed by atoms with E-state index in [1.165, 1.54) is 0 Å². The van der Waals surface area contributed by atoms with Gasteiger partial charge in [0, 0.05) is 17.6 Å². The highest BCUT2D eigenvalue weighted by Crippen LogP contribution is 2.24. The third-order valence-corrected chi connectivity index (χ3v) is 2.64. The topological polar surface area (TPSA) is 50.7 Å². The van der Waals surface area contributed by atoms with E-state index in [4.69, 9.17) is 9.47 Å². The van der Waals surface area contributed by atoms with E-state index in [-0.39, 0.29) is 12.1 Å². The zero-order chi connectivity index (χ0) is 12.9. The predicted octanol–water partition coefficient (Wildman–Crippen LogP) is 1.56. The molecule has 0 fully saturated rings. The highest BCUT2D eigenvalue weighted by Gasteiger charge is 2.16. The second kappa shape index (κ2) is 5.89. The Balaban J connectivity index is 2.81. The number of hydrogen-bond acceptors (Lipinski definition) is 4. The highest BCUT2D eigenvalue weighted by molar-refractivity contribution is 5.40. The van der Waals surface area contributed by atoms with Gasteiger partial charge in [0.25, 0.3) is 0 Å². The van der Waals surface area contributed by atoms with Gasteiger partial charge in [-0.15, -0.1) is 0 Å². The molecular weight excluding hydrogens is 218 g/mol. The summed E-state index contributed by atoms with van der Waals surface area (Å²) >= 11 is 0. The third kappa shape index (κ3) is 3.91. The SMILES string of the molecule is COc1ccc(OC)c(CNC(C)(C)CO)c1. The minimum absolute atomic E-state index is 0.0826. The van der Waals surface area contributed by atoms with Crippen LogP contribution in [0.1, 0.15) is 19.4 Å². The van der Waals surface area contributed by atoms with Crippen LogP contribution in [0.25, 0.3) is 0 Å². The molecule has 0 aliphatic heterocycles. The Hall–Kier alpha value is -1.26. The molecule has 4 nitrogen and oxygen atoms in total. The average molecular weight is 239 g/mol. The molecule has 1 aromatic carbocycles. The number of rotatable bonds is 6. The monoisotopic (exact) mass is 239 g/mol. The summed E-state index contributed by atoms with van der Waals surface area (Å²) in [6.45, 7) is 4.59. The van der Waals surface area contributed by atoms with Gasteiger partial charge in [-0.1, -0.05) is 0 Å². The van der Waals surface area contributed by atoms with Gasteiger partial charge in [-0.2, -0.15) is 0 Å². The standard InChI is InChI=1S/C13H21NO3/c1-13(2,9-15)14-8-10-7-11(16-3)5-6-12(10)17-4/h5-7,14-15H,8-9H2,1-4H3. The fourth-order valence-electron chi connectivity index (χ4n) is 1.41. The molecule has 0 unspecified atom stereocenters. The summed E-state index contributed by atoms with van der Waals surface area (Å²) in [5, 5.41) is 12.4. The van der Waals surface area contributed by atoms with Gasteiger partial charge in [-0.3, -0.25) is 0 Å². The van der Waals surface area contributed by atoms with Crippen molar-refractivity contribution in [2.45, 2.75) is 25.9 Å². The van der Waals surface area contributed by atoms with Crippen molar-refractivity contribution >= 4 is 0 Å². The van der Waals surface area contributed by atoms with E-state index < -0.39 is 0 Å². The van der Waals surface area contributed by atoms with Crippen molar-refractivity contribution in [1.82, 2.24) is 5.32 Å². The molecule has 0 saturated carbocycles. The molecule has 0 atom stereocenters. The number of aliphatic hydroxyl groups excluding tert-OH is 1.